The highest BCUT2D eigenvalue weighted by Crippen LogP contribution is 2.26. The Hall–Kier alpha value is -3.40. The van der Waals surface area contributed by atoms with Crippen molar-refractivity contribution in [1.29, 1.82) is 0 Å². The molecule has 142 valence electrons. The lowest BCUT2D eigenvalue weighted by molar-refractivity contribution is -0.142. The van der Waals surface area contributed by atoms with Gasteiger partial charge in [-0.05, 0) is 35.7 Å². The van der Waals surface area contributed by atoms with E-state index in [1.54, 1.807) is 19.1 Å². The molecular weight excluding hydrogens is 350 g/mol. The summed E-state index contributed by atoms with van der Waals surface area (Å²) in [7, 11) is 0. The van der Waals surface area contributed by atoms with Gasteiger partial charge < -0.3 is 10.1 Å². The van der Waals surface area contributed by atoms with E-state index < -0.39 is 5.92 Å². The third kappa shape index (κ3) is 5.07. The molecule has 3 aromatic carbocycles. The first kappa shape index (κ1) is 19.4. The third-order valence-corrected chi connectivity index (χ3v) is 4.40. The summed E-state index contributed by atoms with van der Waals surface area (Å²) in [5, 5.41) is 2.99. The zero-order valence-electron chi connectivity index (χ0n) is 15.8. The van der Waals surface area contributed by atoms with Crippen LogP contribution in [0.1, 0.15) is 29.5 Å². The first-order valence-corrected chi connectivity index (χ1v) is 9.32. The maximum absolute atomic E-state index is 13.1. The number of hydrogen-bond acceptors (Lipinski definition) is 3. The number of ether oxygens (including phenoxy) is 1. The van der Waals surface area contributed by atoms with Gasteiger partial charge in [-0.1, -0.05) is 72.8 Å². The summed E-state index contributed by atoms with van der Waals surface area (Å²) in [6.07, 6.45) is 0.221. The SMILES string of the molecule is CCOC(=O)Cc1ccc(NC(=O)C(c2ccccc2)c2ccccc2)cc1. The number of rotatable bonds is 7. The van der Waals surface area contributed by atoms with E-state index in [4.69, 9.17) is 4.74 Å². The molecule has 0 aliphatic rings. The molecule has 0 saturated heterocycles. The van der Waals surface area contributed by atoms with Crippen LogP contribution in [-0.4, -0.2) is 18.5 Å². The average Bonchev–Trinajstić information content (AvgIpc) is 2.71. The van der Waals surface area contributed by atoms with Crippen LogP contribution in [-0.2, 0) is 20.7 Å². The number of amides is 1. The van der Waals surface area contributed by atoms with E-state index in [1.807, 2.05) is 72.8 Å². The van der Waals surface area contributed by atoms with Crippen LogP contribution in [0.15, 0.2) is 84.9 Å². The van der Waals surface area contributed by atoms with Crippen molar-refractivity contribution in [2.45, 2.75) is 19.3 Å². The summed E-state index contributed by atoms with van der Waals surface area (Å²) >= 11 is 0. The lowest BCUT2D eigenvalue weighted by Gasteiger charge is -2.18. The highest BCUT2D eigenvalue weighted by Gasteiger charge is 2.22. The second kappa shape index (κ2) is 9.51. The Morgan fingerprint density at radius 1 is 0.821 bits per heavy atom. The maximum Gasteiger partial charge on any atom is 0.310 e. The van der Waals surface area contributed by atoms with Crippen LogP contribution in [0.3, 0.4) is 0 Å². The number of benzene rings is 3. The zero-order valence-corrected chi connectivity index (χ0v) is 15.8. The quantitative estimate of drug-likeness (QED) is 0.618. The number of anilines is 1. The standard InChI is InChI=1S/C24H23NO3/c1-2-28-22(26)17-18-13-15-21(16-14-18)25-24(27)23(19-9-5-3-6-10-19)20-11-7-4-8-12-20/h3-16,23H,2,17H2,1H3,(H,25,27). The molecule has 0 fully saturated rings. The van der Waals surface area contributed by atoms with Crippen molar-refractivity contribution in [1.82, 2.24) is 0 Å². The fourth-order valence-corrected chi connectivity index (χ4v) is 3.09. The molecule has 0 aliphatic carbocycles. The average molecular weight is 373 g/mol. The summed E-state index contributed by atoms with van der Waals surface area (Å²) < 4.78 is 4.96. The Labute approximate surface area is 165 Å². The number of carbonyl (C=O) groups is 2. The molecule has 0 aromatic heterocycles. The fraction of sp³-hybridized carbons (Fsp3) is 0.167. The van der Waals surface area contributed by atoms with Gasteiger partial charge >= 0.3 is 5.97 Å². The minimum atomic E-state index is -0.401. The molecule has 0 aliphatic heterocycles. The first-order chi connectivity index (χ1) is 13.7. The normalized spacial score (nSPS) is 10.5. The Balaban J connectivity index is 1.76. The molecule has 0 heterocycles. The van der Waals surface area contributed by atoms with Crippen LogP contribution in [0.25, 0.3) is 0 Å². The first-order valence-electron chi connectivity index (χ1n) is 9.32. The topological polar surface area (TPSA) is 55.4 Å². The fourth-order valence-electron chi connectivity index (χ4n) is 3.09. The van der Waals surface area contributed by atoms with Crippen molar-refractivity contribution < 1.29 is 14.3 Å². The van der Waals surface area contributed by atoms with Gasteiger partial charge in [0.2, 0.25) is 5.91 Å². The van der Waals surface area contributed by atoms with Crippen LogP contribution in [0.2, 0.25) is 0 Å². The van der Waals surface area contributed by atoms with Gasteiger partial charge in [0.15, 0.2) is 0 Å². The molecule has 4 nitrogen and oxygen atoms in total. The Kier molecular flexibility index (Phi) is 6.58. The van der Waals surface area contributed by atoms with E-state index in [2.05, 4.69) is 5.32 Å². The highest BCUT2D eigenvalue weighted by molar-refractivity contribution is 5.98. The molecular formula is C24H23NO3. The van der Waals surface area contributed by atoms with Gasteiger partial charge in [-0.15, -0.1) is 0 Å². The minimum absolute atomic E-state index is 0.101. The van der Waals surface area contributed by atoms with Crippen molar-refractivity contribution in [2.24, 2.45) is 0 Å². The monoisotopic (exact) mass is 373 g/mol. The zero-order chi connectivity index (χ0) is 19.8. The van der Waals surface area contributed by atoms with Gasteiger partial charge in [-0.25, -0.2) is 0 Å². The van der Waals surface area contributed by atoms with Gasteiger partial charge in [0.25, 0.3) is 0 Å². The summed E-state index contributed by atoms with van der Waals surface area (Å²) in [6, 6.07) is 26.7. The third-order valence-electron chi connectivity index (χ3n) is 4.40. The van der Waals surface area contributed by atoms with Crippen LogP contribution in [0.5, 0.6) is 0 Å². The molecule has 3 aromatic rings. The molecule has 1 N–H and O–H groups in total. The van der Waals surface area contributed by atoms with E-state index in [1.165, 1.54) is 0 Å². The maximum atomic E-state index is 13.1. The molecule has 0 atom stereocenters. The Morgan fingerprint density at radius 2 is 1.36 bits per heavy atom. The molecule has 3 rings (SSSR count). The lowest BCUT2D eigenvalue weighted by atomic mass is 9.90. The second-order valence-corrected chi connectivity index (χ2v) is 6.42. The molecule has 0 radical (unpaired) electrons. The molecule has 0 saturated carbocycles. The molecule has 1 amide bonds. The van der Waals surface area contributed by atoms with Crippen molar-refractivity contribution in [3.63, 3.8) is 0 Å². The highest BCUT2D eigenvalue weighted by atomic mass is 16.5. The van der Waals surface area contributed by atoms with Gasteiger partial charge in [0, 0.05) is 5.69 Å². The second-order valence-electron chi connectivity index (χ2n) is 6.42. The minimum Gasteiger partial charge on any atom is -0.466 e. The summed E-state index contributed by atoms with van der Waals surface area (Å²) in [6.45, 7) is 2.15. The van der Waals surface area contributed by atoms with Crippen molar-refractivity contribution in [2.75, 3.05) is 11.9 Å². The van der Waals surface area contributed by atoms with E-state index in [0.29, 0.717) is 12.3 Å². The predicted molar refractivity (Wildman–Crippen MR) is 110 cm³/mol. The van der Waals surface area contributed by atoms with Gasteiger partial charge in [0.05, 0.1) is 18.9 Å². The number of hydrogen-bond donors (Lipinski definition) is 1. The lowest BCUT2D eigenvalue weighted by Crippen LogP contribution is -2.22. The Bertz CT molecular complexity index is 866. The van der Waals surface area contributed by atoms with Crippen molar-refractivity contribution >= 4 is 17.6 Å². The predicted octanol–water partition coefficient (Wildman–Crippen LogP) is 4.56. The van der Waals surface area contributed by atoms with Crippen LogP contribution in [0.4, 0.5) is 5.69 Å². The molecule has 0 unspecified atom stereocenters. The van der Waals surface area contributed by atoms with E-state index in [9.17, 15) is 9.59 Å². The molecule has 0 spiro atoms. The van der Waals surface area contributed by atoms with Crippen LogP contribution >= 0.6 is 0 Å². The van der Waals surface area contributed by atoms with E-state index in [0.717, 1.165) is 16.7 Å². The van der Waals surface area contributed by atoms with E-state index in [-0.39, 0.29) is 18.3 Å². The van der Waals surface area contributed by atoms with Gasteiger partial charge in [-0.3, -0.25) is 9.59 Å². The van der Waals surface area contributed by atoms with Crippen LogP contribution < -0.4 is 5.32 Å². The van der Waals surface area contributed by atoms with Crippen molar-refractivity contribution in [3.05, 3.63) is 102 Å². The summed E-state index contributed by atoms with van der Waals surface area (Å²) in [5.41, 5.74) is 3.41. The smallest absolute Gasteiger partial charge is 0.310 e. The summed E-state index contributed by atoms with van der Waals surface area (Å²) in [5.74, 6) is -0.760. The van der Waals surface area contributed by atoms with Crippen LogP contribution in [0, 0.1) is 0 Å². The molecule has 0 bridgehead atoms. The van der Waals surface area contributed by atoms with Crippen molar-refractivity contribution in [3.8, 4) is 0 Å². The summed E-state index contributed by atoms with van der Waals surface area (Å²) in [4.78, 5) is 24.7. The van der Waals surface area contributed by atoms with Gasteiger partial charge in [-0.2, -0.15) is 0 Å². The number of nitrogens with one attached hydrogen (secondary N) is 1. The molecule has 4 heteroatoms. The van der Waals surface area contributed by atoms with E-state index >= 15 is 0 Å². The largest absolute Gasteiger partial charge is 0.466 e. The number of esters is 1. The Morgan fingerprint density at radius 3 is 1.86 bits per heavy atom. The molecule has 28 heavy (non-hydrogen) atoms. The number of carbonyl (C=O) groups excluding carboxylic acids is 2. The van der Waals surface area contributed by atoms with Gasteiger partial charge in [0.1, 0.15) is 0 Å².